The lowest BCUT2D eigenvalue weighted by molar-refractivity contribution is 0.590. The van der Waals surface area contributed by atoms with Crippen LogP contribution in [0.3, 0.4) is 0 Å². The maximum Gasteiger partial charge on any atom is 0.0641 e. The summed E-state index contributed by atoms with van der Waals surface area (Å²) in [5.74, 6) is 0. The van der Waals surface area contributed by atoms with Gasteiger partial charge in [-0.15, -0.1) is 0 Å². The minimum absolute atomic E-state index is 0.0549. The van der Waals surface area contributed by atoms with Crippen molar-refractivity contribution in [2.75, 3.05) is 9.80 Å². The number of hydrogen-bond acceptors (Lipinski definition) is 2. The van der Waals surface area contributed by atoms with E-state index < -0.39 is 0 Å². The first kappa shape index (κ1) is 53.3. The van der Waals surface area contributed by atoms with Crippen LogP contribution in [-0.4, -0.2) is 8.80 Å². The van der Waals surface area contributed by atoms with Gasteiger partial charge in [0, 0.05) is 65.6 Å². The highest BCUT2D eigenvalue weighted by Gasteiger charge is 2.31. The highest BCUT2D eigenvalue weighted by molar-refractivity contribution is 6.32. The first-order valence-electron chi connectivity index (χ1n) is 31.6. The van der Waals surface area contributed by atoms with Gasteiger partial charge in [-0.05, 0) is 140 Å². The van der Waals surface area contributed by atoms with E-state index in [0.717, 1.165) is 34.1 Å². The third-order valence-electron chi connectivity index (χ3n) is 19.1. The Morgan fingerprint density at radius 3 is 0.933 bits per heavy atom. The van der Waals surface area contributed by atoms with Gasteiger partial charge in [0.25, 0.3) is 0 Å². The molecule has 4 nitrogen and oxygen atoms in total. The summed E-state index contributed by atoms with van der Waals surface area (Å²) < 4.78 is 5.14. The molecule has 0 aliphatic rings. The van der Waals surface area contributed by atoms with Crippen LogP contribution in [0.4, 0.5) is 34.1 Å². The molecule has 4 heterocycles. The van der Waals surface area contributed by atoms with Crippen LogP contribution in [0.5, 0.6) is 0 Å². The second-order valence-corrected chi connectivity index (χ2v) is 26.5. The van der Waals surface area contributed by atoms with E-state index in [1.165, 1.54) is 132 Å². The zero-order valence-corrected chi connectivity index (χ0v) is 51.5. The minimum atomic E-state index is -0.0549. The van der Waals surface area contributed by atoms with Crippen molar-refractivity contribution in [3.8, 4) is 44.5 Å². The summed E-state index contributed by atoms with van der Waals surface area (Å²) in [7, 11) is 0. The topological polar surface area (TPSA) is 15.3 Å². The van der Waals surface area contributed by atoms with Gasteiger partial charge >= 0.3 is 0 Å². The molecule has 4 heteroatoms. The van der Waals surface area contributed by atoms with Crippen LogP contribution in [0, 0.1) is 0 Å². The van der Waals surface area contributed by atoms with E-state index in [1.54, 1.807) is 0 Å². The third-order valence-corrected chi connectivity index (χ3v) is 19.1. The van der Waals surface area contributed by atoms with Crippen LogP contribution < -0.4 is 9.80 Å². The number of aromatic nitrogens is 2. The van der Waals surface area contributed by atoms with Gasteiger partial charge in [-0.1, -0.05) is 248 Å². The number of nitrogens with zero attached hydrogens (tertiary/aromatic N) is 4. The molecule has 13 aromatic carbocycles. The average Bonchev–Trinajstić information content (AvgIpc) is 1.59. The summed E-state index contributed by atoms with van der Waals surface area (Å²) in [6, 6.07) is 109. The van der Waals surface area contributed by atoms with Crippen molar-refractivity contribution >= 4 is 110 Å². The molecule has 0 saturated heterocycles. The van der Waals surface area contributed by atoms with Crippen LogP contribution in [0.15, 0.2) is 291 Å². The normalized spacial score (nSPS) is 12.3. The third kappa shape index (κ3) is 8.35. The lowest BCUT2D eigenvalue weighted by Gasteiger charge is -2.30. The molecule has 17 aromatic rings. The van der Waals surface area contributed by atoms with Crippen LogP contribution >= 0.6 is 0 Å². The van der Waals surface area contributed by atoms with Gasteiger partial charge in [-0.3, -0.25) is 0 Å². The van der Waals surface area contributed by atoms with Crippen LogP contribution in [0.1, 0.15) is 52.7 Å². The molecule has 0 N–H and O–H groups in total. The van der Waals surface area contributed by atoms with E-state index in [0.29, 0.717) is 0 Å². The van der Waals surface area contributed by atoms with Crippen molar-refractivity contribution in [1.29, 1.82) is 0 Å². The van der Waals surface area contributed by atoms with Crippen LogP contribution in [0.2, 0.25) is 0 Å². The van der Waals surface area contributed by atoms with Crippen LogP contribution in [-0.2, 0) is 10.8 Å². The Kier molecular flexibility index (Phi) is 12.0. The summed E-state index contributed by atoms with van der Waals surface area (Å²) >= 11 is 0. The van der Waals surface area contributed by atoms with E-state index in [1.807, 2.05) is 0 Å². The fourth-order valence-corrected chi connectivity index (χ4v) is 14.6. The number of para-hydroxylation sites is 2. The molecule has 0 amide bonds. The quantitative estimate of drug-likeness (QED) is 0.136. The SMILES string of the molecule is CC(C)(C)c1ccc(N(c2ccc(-c3ccccc3)cc2)c2ccc3c4cc5c(cc4n4c6ccccc6c2c34)c2ccc(N(c3ccc(-c4ccccc4)cc3)c3ccc(C(C)(C)C)cc3-c3ccccc3)c3c4ccccc4n5c23)c(-c2ccccc2)c1. The molecule has 90 heavy (non-hydrogen) atoms. The molecule has 0 unspecified atom stereocenters. The lowest BCUT2D eigenvalue weighted by Crippen LogP contribution is -2.15. The van der Waals surface area contributed by atoms with Crippen LogP contribution in [0.25, 0.3) is 121 Å². The van der Waals surface area contributed by atoms with E-state index in [2.05, 4.69) is 351 Å². The highest BCUT2D eigenvalue weighted by Crippen LogP contribution is 2.54. The van der Waals surface area contributed by atoms with Gasteiger partial charge in [-0.2, -0.15) is 0 Å². The Morgan fingerprint density at radius 2 is 0.567 bits per heavy atom. The maximum absolute atomic E-state index is 2.57. The fraction of sp³-hybridized carbons (Fsp3) is 0.0930. The molecular formula is C86H66N4. The fourth-order valence-electron chi connectivity index (χ4n) is 14.6. The van der Waals surface area contributed by atoms with E-state index in [4.69, 9.17) is 0 Å². The van der Waals surface area contributed by atoms with Gasteiger partial charge < -0.3 is 18.6 Å². The summed E-state index contributed by atoms with van der Waals surface area (Å²) in [6.07, 6.45) is 0. The smallest absolute Gasteiger partial charge is 0.0641 e. The number of benzene rings is 13. The van der Waals surface area contributed by atoms with Gasteiger partial charge in [0.2, 0.25) is 0 Å². The van der Waals surface area contributed by atoms with Gasteiger partial charge in [-0.25, -0.2) is 0 Å². The van der Waals surface area contributed by atoms with Gasteiger partial charge in [0.15, 0.2) is 0 Å². The summed E-state index contributed by atoms with van der Waals surface area (Å²) in [6.45, 7) is 13.9. The predicted octanol–water partition coefficient (Wildman–Crippen LogP) is 24.2. The van der Waals surface area contributed by atoms with Crippen molar-refractivity contribution < 1.29 is 0 Å². The zero-order valence-electron chi connectivity index (χ0n) is 51.5. The molecule has 0 saturated carbocycles. The summed E-state index contributed by atoms with van der Waals surface area (Å²) in [4.78, 5) is 5.06. The predicted molar refractivity (Wildman–Crippen MR) is 384 cm³/mol. The van der Waals surface area contributed by atoms with E-state index in [-0.39, 0.29) is 10.8 Å². The second kappa shape index (κ2) is 20.3. The second-order valence-electron chi connectivity index (χ2n) is 26.5. The molecule has 430 valence electrons. The first-order chi connectivity index (χ1) is 43.9. The van der Waals surface area contributed by atoms with Gasteiger partial charge in [0.1, 0.15) is 0 Å². The molecular weight excluding hydrogens is 1090 g/mol. The highest BCUT2D eigenvalue weighted by atomic mass is 15.2. The number of hydrogen-bond donors (Lipinski definition) is 0. The van der Waals surface area contributed by atoms with Crippen molar-refractivity contribution in [3.63, 3.8) is 0 Å². The largest absolute Gasteiger partial charge is 0.309 e. The Labute approximate surface area is 525 Å². The van der Waals surface area contributed by atoms with E-state index in [9.17, 15) is 0 Å². The molecule has 4 aromatic heterocycles. The molecule has 0 aliphatic carbocycles. The number of anilines is 6. The monoisotopic (exact) mass is 1150 g/mol. The van der Waals surface area contributed by atoms with Crippen molar-refractivity contribution in [2.45, 2.75) is 52.4 Å². The summed E-state index contributed by atoms with van der Waals surface area (Å²) in [5.41, 5.74) is 25.9. The average molecular weight is 1160 g/mol. The zero-order chi connectivity index (χ0) is 60.6. The summed E-state index contributed by atoms with van der Waals surface area (Å²) in [5, 5.41) is 9.83. The Balaban J connectivity index is 0.916. The Morgan fingerprint density at radius 1 is 0.244 bits per heavy atom. The molecule has 0 spiro atoms. The minimum Gasteiger partial charge on any atom is -0.309 e. The number of fused-ring (bicyclic) bond motifs is 12. The standard InChI is InChI=1S/C86H66N4/c1-85(2,3)61-39-47-75(69(51-61)59-27-15-9-16-28-59)87(63-41-35-57(36-42-63)55-23-11-7-12-24-55)77-49-45-65-71-53-80-72(54-79(71)89-73-33-21-19-31-67(73)81(77)83(65)89)66-46-50-78(82-68-32-20-22-34-74(68)90(80)84(66)82)88(64-43-37-58(38-44-64)56-25-13-8-14-26-56)76-48-40-62(86(4,5)6)52-70(76)60-29-17-10-18-30-60/h7-54H,1-6H3. The molecule has 0 fully saturated rings. The first-order valence-corrected chi connectivity index (χ1v) is 31.6. The van der Waals surface area contributed by atoms with E-state index >= 15 is 0 Å². The molecule has 17 rings (SSSR count). The van der Waals surface area contributed by atoms with Crippen molar-refractivity contribution in [1.82, 2.24) is 8.80 Å². The Hall–Kier alpha value is -10.9. The number of rotatable bonds is 10. The maximum atomic E-state index is 2.57. The molecule has 0 atom stereocenters. The molecule has 0 radical (unpaired) electrons. The van der Waals surface area contributed by atoms with Crippen molar-refractivity contribution in [3.05, 3.63) is 302 Å². The van der Waals surface area contributed by atoms with Crippen molar-refractivity contribution in [2.24, 2.45) is 0 Å². The lowest BCUT2D eigenvalue weighted by atomic mass is 9.84. The Bertz CT molecular complexity index is 5220. The van der Waals surface area contributed by atoms with Gasteiger partial charge in [0.05, 0.1) is 55.8 Å². The molecule has 0 aliphatic heterocycles. The molecule has 0 bridgehead atoms.